The van der Waals surface area contributed by atoms with E-state index in [2.05, 4.69) is 62.9 Å². The molecular weight excluding hydrogens is 375 g/mol. The number of nitrogens with two attached hydrogens (primary N) is 1. The Labute approximate surface area is 139 Å². The molecule has 1 aliphatic heterocycles. The number of anilines is 1. The summed E-state index contributed by atoms with van der Waals surface area (Å²) in [5.74, 6) is 0.818. The van der Waals surface area contributed by atoms with Gasteiger partial charge in [0.1, 0.15) is 5.82 Å². The highest BCUT2D eigenvalue weighted by Crippen LogP contribution is 2.26. The molecule has 4 nitrogen and oxygen atoms in total. The monoisotopic (exact) mass is 396 g/mol. The van der Waals surface area contributed by atoms with Crippen molar-refractivity contribution < 1.29 is 0 Å². The van der Waals surface area contributed by atoms with Crippen LogP contribution in [-0.2, 0) is 6.42 Å². The van der Waals surface area contributed by atoms with Crippen LogP contribution in [0.1, 0.15) is 24.4 Å². The molecule has 1 aromatic heterocycles. The normalized spacial score (nSPS) is 17.2. The van der Waals surface area contributed by atoms with Crippen LogP contribution in [-0.4, -0.2) is 34.3 Å². The summed E-state index contributed by atoms with van der Waals surface area (Å²) < 4.78 is 3.06. The molecule has 1 saturated heterocycles. The molecule has 1 fully saturated rings. The molecule has 2 N–H and O–H groups in total. The van der Waals surface area contributed by atoms with Crippen LogP contribution in [0.3, 0.4) is 0 Å². The molecule has 0 spiro atoms. The van der Waals surface area contributed by atoms with Crippen LogP contribution in [0.25, 0.3) is 0 Å². The third kappa shape index (κ3) is 3.58. The van der Waals surface area contributed by atoms with E-state index in [0.29, 0.717) is 6.04 Å². The number of benzene rings is 1. The number of halogens is 1. The van der Waals surface area contributed by atoms with E-state index in [1.54, 1.807) is 0 Å². The van der Waals surface area contributed by atoms with E-state index in [1.807, 2.05) is 10.9 Å². The minimum absolute atomic E-state index is 0.460. The predicted molar refractivity (Wildman–Crippen MR) is 94.2 cm³/mol. The summed E-state index contributed by atoms with van der Waals surface area (Å²) in [5.41, 5.74) is 7.50. The number of rotatable bonds is 4. The molecule has 0 bridgehead atoms. The van der Waals surface area contributed by atoms with Crippen molar-refractivity contribution in [2.24, 2.45) is 0 Å². The van der Waals surface area contributed by atoms with Crippen molar-refractivity contribution in [3.05, 3.63) is 45.7 Å². The van der Waals surface area contributed by atoms with E-state index in [0.717, 1.165) is 48.3 Å². The molecule has 0 amide bonds. The fourth-order valence-electron chi connectivity index (χ4n) is 2.96. The predicted octanol–water partition coefficient (Wildman–Crippen LogP) is 2.95. The molecule has 1 aliphatic rings. The topological polar surface area (TPSA) is 47.1 Å². The second kappa shape index (κ2) is 6.79. The van der Waals surface area contributed by atoms with Crippen molar-refractivity contribution in [2.75, 3.05) is 25.4 Å². The molecule has 0 unspecified atom stereocenters. The highest BCUT2D eigenvalue weighted by atomic mass is 127. The Morgan fingerprint density at radius 2 is 1.90 bits per heavy atom. The molecule has 2 aromatic rings. The first kappa shape index (κ1) is 14.8. The van der Waals surface area contributed by atoms with Crippen LogP contribution in [0.4, 0.5) is 5.82 Å². The van der Waals surface area contributed by atoms with E-state index < -0.39 is 0 Å². The fraction of sp³-hybridized carbons (Fsp3) is 0.438. The number of likely N-dealkylation sites (tertiary alicyclic amines) is 1. The van der Waals surface area contributed by atoms with E-state index in [4.69, 9.17) is 5.73 Å². The molecular formula is C16H21IN4. The second-order valence-corrected chi connectivity index (χ2v) is 6.79. The lowest BCUT2D eigenvalue weighted by molar-refractivity contribution is 0.183. The van der Waals surface area contributed by atoms with Crippen molar-refractivity contribution in [3.8, 4) is 0 Å². The van der Waals surface area contributed by atoms with Gasteiger partial charge in [0.15, 0.2) is 0 Å². The Bertz CT molecular complexity index is 573. The summed E-state index contributed by atoms with van der Waals surface area (Å²) in [7, 11) is 0. The minimum atomic E-state index is 0.460. The van der Waals surface area contributed by atoms with Crippen molar-refractivity contribution in [1.29, 1.82) is 0 Å². The largest absolute Gasteiger partial charge is 0.383 e. The van der Waals surface area contributed by atoms with Crippen molar-refractivity contribution >= 4 is 28.4 Å². The summed E-state index contributed by atoms with van der Waals surface area (Å²) in [6.45, 7) is 3.41. The Kier molecular flexibility index (Phi) is 4.80. The van der Waals surface area contributed by atoms with Crippen LogP contribution < -0.4 is 5.73 Å². The summed E-state index contributed by atoms with van der Waals surface area (Å²) in [4.78, 5) is 2.55. The van der Waals surface area contributed by atoms with Crippen LogP contribution in [0.15, 0.2) is 36.5 Å². The van der Waals surface area contributed by atoms with Gasteiger partial charge < -0.3 is 10.6 Å². The van der Waals surface area contributed by atoms with Crippen molar-refractivity contribution in [2.45, 2.75) is 25.3 Å². The van der Waals surface area contributed by atoms with Crippen LogP contribution in [0.5, 0.6) is 0 Å². The van der Waals surface area contributed by atoms with Gasteiger partial charge in [-0.1, -0.05) is 30.3 Å². The summed E-state index contributed by atoms with van der Waals surface area (Å²) in [6.07, 6.45) is 5.26. The average Bonchev–Trinajstić information content (AvgIpc) is 2.87. The lowest BCUT2D eigenvalue weighted by Gasteiger charge is -2.32. The van der Waals surface area contributed by atoms with Gasteiger partial charge in [-0.25, -0.2) is 4.68 Å². The maximum atomic E-state index is 6.08. The van der Waals surface area contributed by atoms with Gasteiger partial charge in [-0.2, -0.15) is 5.10 Å². The molecule has 112 valence electrons. The Hall–Kier alpha value is -1.08. The third-order valence-electron chi connectivity index (χ3n) is 4.25. The van der Waals surface area contributed by atoms with Crippen molar-refractivity contribution in [3.63, 3.8) is 0 Å². The zero-order valence-electron chi connectivity index (χ0n) is 12.1. The van der Waals surface area contributed by atoms with Crippen LogP contribution >= 0.6 is 22.6 Å². The first-order valence-corrected chi connectivity index (χ1v) is 8.56. The zero-order valence-corrected chi connectivity index (χ0v) is 14.2. The maximum Gasteiger partial charge on any atom is 0.135 e. The molecule has 2 heterocycles. The SMILES string of the molecule is Nc1c(I)cnn1C1CCN(CCc2ccccc2)CC1. The van der Waals surface area contributed by atoms with Gasteiger partial charge in [0.25, 0.3) is 0 Å². The van der Waals surface area contributed by atoms with E-state index in [1.165, 1.54) is 5.56 Å². The van der Waals surface area contributed by atoms with Crippen LogP contribution in [0.2, 0.25) is 0 Å². The van der Waals surface area contributed by atoms with E-state index >= 15 is 0 Å². The second-order valence-electron chi connectivity index (χ2n) is 5.63. The molecule has 3 rings (SSSR count). The molecule has 0 radical (unpaired) electrons. The van der Waals surface area contributed by atoms with Crippen LogP contribution in [0, 0.1) is 3.57 Å². The van der Waals surface area contributed by atoms with E-state index in [-0.39, 0.29) is 0 Å². The van der Waals surface area contributed by atoms with E-state index in [9.17, 15) is 0 Å². The highest BCUT2D eigenvalue weighted by molar-refractivity contribution is 14.1. The smallest absolute Gasteiger partial charge is 0.135 e. The van der Waals surface area contributed by atoms with Gasteiger partial charge in [0.05, 0.1) is 15.8 Å². The third-order valence-corrected chi connectivity index (χ3v) is 5.08. The number of hydrogen-bond donors (Lipinski definition) is 1. The number of nitrogens with zero attached hydrogens (tertiary/aromatic N) is 3. The molecule has 0 saturated carbocycles. The quantitative estimate of drug-likeness (QED) is 0.809. The lowest BCUT2D eigenvalue weighted by atomic mass is 10.0. The van der Waals surface area contributed by atoms with Gasteiger partial charge >= 0.3 is 0 Å². The molecule has 21 heavy (non-hydrogen) atoms. The molecule has 5 heteroatoms. The van der Waals surface area contributed by atoms with Gasteiger partial charge in [-0.3, -0.25) is 0 Å². The minimum Gasteiger partial charge on any atom is -0.383 e. The molecule has 1 aromatic carbocycles. The summed E-state index contributed by atoms with van der Waals surface area (Å²) in [6, 6.07) is 11.2. The Morgan fingerprint density at radius 1 is 1.19 bits per heavy atom. The number of piperidine rings is 1. The fourth-order valence-corrected chi connectivity index (χ4v) is 3.33. The number of aromatic nitrogens is 2. The summed E-state index contributed by atoms with van der Waals surface area (Å²) in [5, 5.41) is 4.42. The Morgan fingerprint density at radius 3 is 2.52 bits per heavy atom. The molecule has 0 atom stereocenters. The average molecular weight is 396 g/mol. The van der Waals surface area contributed by atoms with Gasteiger partial charge in [0, 0.05) is 19.6 Å². The highest BCUT2D eigenvalue weighted by Gasteiger charge is 2.22. The zero-order chi connectivity index (χ0) is 14.7. The van der Waals surface area contributed by atoms with Gasteiger partial charge in [0.2, 0.25) is 0 Å². The van der Waals surface area contributed by atoms with Gasteiger partial charge in [-0.05, 0) is 47.4 Å². The maximum absolute atomic E-state index is 6.08. The summed E-state index contributed by atoms with van der Waals surface area (Å²) >= 11 is 2.25. The molecule has 0 aliphatic carbocycles. The Balaban J connectivity index is 1.50. The first-order valence-electron chi connectivity index (χ1n) is 7.49. The number of nitrogen functional groups attached to an aromatic ring is 1. The standard InChI is InChI=1S/C16H21IN4/c17-15-12-19-21(16(15)18)14-7-10-20(11-8-14)9-6-13-4-2-1-3-5-13/h1-5,12,14H,6-11,18H2. The number of hydrogen-bond acceptors (Lipinski definition) is 3. The van der Waals surface area contributed by atoms with Crippen molar-refractivity contribution in [1.82, 2.24) is 14.7 Å². The lowest BCUT2D eigenvalue weighted by Crippen LogP contribution is -2.36. The first-order chi connectivity index (χ1) is 10.2. The van der Waals surface area contributed by atoms with Gasteiger partial charge in [-0.15, -0.1) is 0 Å².